The lowest BCUT2D eigenvalue weighted by molar-refractivity contribution is 0.0685. The van der Waals surface area contributed by atoms with Crippen LogP contribution in [0.25, 0.3) is 11.3 Å². The van der Waals surface area contributed by atoms with E-state index >= 15 is 0 Å². The number of aromatic carboxylic acids is 1. The molecule has 0 saturated carbocycles. The molecule has 1 saturated heterocycles. The maximum Gasteiger partial charge on any atom is 0.358 e. The minimum atomic E-state index is -1.08. The number of carboxylic acid groups (broad SMARTS) is 1. The Morgan fingerprint density at radius 3 is 2.50 bits per heavy atom. The van der Waals surface area contributed by atoms with Gasteiger partial charge < -0.3 is 14.4 Å². The molecule has 2 aromatic rings. The van der Waals surface area contributed by atoms with Crippen molar-refractivity contribution in [2.45, 2.75) is 18.8 Å². The molecule has 0 radical (unpaired) electrons. The van der Waals surface area contributed by atoms with Crippen molar-refractivity contribution >= 4 is 5.97 Å². The molecule has 3 rings (SSSR count). The van der Waals surface area contributed by atoms with E-state index in [1.54, 1.807) is 0 Å². The first-order valence-corrected chi connectivity index (χ1v) is 6.62. The smallest absolute Gasteiger partial charge is 0.358 e. The number of hydrogen-bond donors (Lipinski definition) is 1. The Bertz CT molecular complexity index is 597. The van der Waals surface area contributed by atoms with E-state index in [9.17, 15) is 4.79 Å². The lowest BCUT2D eigenvalue weighted by atomic mass is 9.91. The fourth-order valence-electron chi connectivity index (χ4n) is 2.46. The lowest BCUT2D eigenvalue weighted by Gasteiger charge is -2.22. The number of rotatable bonds is 3. The van der Waals surface area contributed by atoms with Gasteiger partial charge in [0.1, 0.15) is 0 Å². The SMILES string of the molecule is O=C(O)c1cc(-c2ccc(C3CCOCC3)cc2)on1. The first-order chi connectivity index (χ1) is 9.74. The molecule has 0 spiro atoms. The van der Waals surface area contributed by atoms with Crippen LogP contribution in [0.4, 0.5) is 0 Å². The largest absolute Gasteiger partial charge is 0.476 e. The van der Waals surface area contributed by atoms with Crippen molar-refractivity contribution in [1.29, 1.82) is 0 Å². The fourth-order valence-corrected chi connectivity index (χ4v) is 2.46. The minimum Gasteiger partial charge on any atom is -0.476 e. The van der Waals surface area contributed by atoms with Gasteiger partial charge in [-0.05, 0) is 24.3 Å². The molecule has 2 heterocycles. The van der Waals surface area contributed by atoms with Gasteiger partial charge in [0.25, 0.3) is 0 Å². The molecular weight excluding hydrogens is 258 g/mol. The van der Waals surface area contributed by atoms with Crippen LogP contribution in [0.2, 0.25) is 0 Å². The number of hydrogen-bond acceptors (Lipinski definition) is 4. The Labute approximate surface area is 116 Å². The Morgan fingerprint density at radius 2 is 1.90 bits per heavy atom. The molecule has 5 heteroatoms. The van der Waals surface area contributed by atoms with Gasteiger partial charge in [0, 0.05) is 24.8 Å². The summed E-state index contributed by atoms with van der Waals surface area (Å²) >= 11 is 0. The van der Waals surface area contributed by atoms with Crippen molar-refractivity contribution in [1.82, 2.24) is 5.16 Å². The molecule has 1 fully saturated rings. The molecule has 0 atom stereocenters. The van der Waals surface area contributed by atoms with E-state index < -0.39 is 5.97 Å². The van der Waals surface area contributed by atoms with Crippen molar-refractivity contribution in [3.05, 3.63) is 41.6 Å². The van der Waals surface area contributed by atoms with Crippen molar-refractivity contribution in [2.24, 2.45) is 0 Å². The minimum absolute atomic E-state index is 0.0755. The van der Waals surface area contributed by atoms with Crippen LogP contribution in [-0.2, 0) is 4.74 Å². The van der Waals surface area contributed by atoms with E-state index in [1.807, 2.05) is 12.1 Å². The Kier molecular flexibility index (Phi) is 3.52. The third-order valence-corrected chi connectivity index (χ3v) is 3.62. The number of benzene rings is 1. The van der Waals surface area contributed by atoms with E-state index in [-0.39, 0.29) is 5.69 Å². The second kappa shape index (κ2) is 5.46. The summed E-state index contributed by atoms with van der Waals surface area (Å²) in [7, 11) is 0. The summed E-state index contributed by atoms with van der Waals surface area (Å²) in [6.07, 6.45) is 2.09. The molecule has 0 bridgehead atoms. The average Bonchev–Trinajstić information content (AvgIpc) is 2.98. The zero-order chi connectivity index (χ0) is 13.9. The van der Waals surface area contributed by atoms with Crippen LogP contribution < -0.4 is 0 Å². The number of ether oxygens (including phenoxy) is 1. The highest BCUT2D eigenvalue weighted by molar-refractivity contribution is 5.86. The van der Waals surface area contributed by atoms with Gasteiger partial charge in [0.05, 0.1) is 0 Å². The van der Waals surface area contributed by atoms with Gasteiger partial charge in [0.15, 0.2) is 11.5 Å². The standard InChI is InChI=1S/C15H15NO4/c17-15(18)13-9-14(20-16-13)12-3-1-10(2-4-12)11-5-7-19-8-6-11/h1-4,9,11H,5-8H2,(H,17,18). The zero-order valence-corrected chi connectivity index (χ0v) is 10.9. The van der Waals surface area contributed by atoms with Crippen LogP contribution in [0, 0.1) is 0 Å². The highest BCUT2D eigenvalue weighted by Crippen LogP contribution is 2.29. The van der Waals surface area contributed by atoms with Gasteiger partial charge in [-0.15, -0.1) is 0 Å². The lowest BCUT2D eigenvalue weighted by Crippen LogP contribution is -2.13. The van der Waals surface area contributed by atoms with Gasteiger partial charge in [0.2, 0.25) is 0 Å². The van der Waals surface area contributed by atoms with Crippen molar-refractivity contribution in [3.8, 4) is 11.3 Å². The predicted molar refractivity (Wildman–Crippen MR) is 71.7 cm³/mol. The van der Waals surface area contributed by atoms with Gasteiger partial charge in [-0.3, -0.25) is 0 Å². The highest BCUT2D eigenvalue weighted by Gasteiger charge is 2.16. The van der Waals surface area contributed by atoms with E-state index in [0.29, 0.717) is 11.7 Å². The molecular formula is C15H15NO4. The maximum absolute atomic E-state index is 10.8. The number of aromatic nitrogens is 1. The monoisotopic (exact) mass is 273 g/mol. The van der Waals surface area contributed by atoms with Crippen LogP contribution in [0.3, 0.4) is 0 Å². The third-order valence-electron chi connectivity index (χ3n) is 3.62. The molecule has 1 aliphatic rings. The fraction of sp³-hybridized carbons (Fsp3) is 0.333. The van der Waals surface area contributed by atoms with Crippen LogP contribution in [0.15, 0.2) is 34.9 Å². The van der Waals surface area contributed by atoms with Gasteiger partial charge in [-0.2, -0.15) is 0 Å². The molecule has 5 nitrogen and oxygen atoms in total. The van der Waals surface area contributed by atoms with Crippen molar-refractivity contribution in [3.63, 3.8) is 0 Å². The molecule has 0 amide bonds. The predicted octanol–water partition coefficient (Wildman–Crippen LogP) is 2.93. The van der Waals surface area contributed by atoms with Crippen LogP contribution >= 0.6 is 0 Å². The summed E-state index contributed by atoms with van der Waals surface area (Å²) in [5, 5.41) is 12.3. The molecule has 104 valence electrons. The van der Waals surface area contributed by atoms with Crippen molar-refractivity contribution in [2.75, 3.05) is 13.2 Å². The maximum atomic E-state index is 10.8. The van der Waals surface area contributed by atoms with E-state index in [1.165, 1.54) is 11.6 Å². The molecule has 1 N–H and O–H groups in total. The summed E-state index contributed by atoms with van der Waals surface area (Å²) in [6, 6.07) is 9.45. The van der Waals surface area contributed by atoms with Gasteiger partial charge >= 0.3 is 5.97 Å². The second-order valence-electron chi connectivity index (χ2n) is 4.89. The van der Waals surface area contributed by atoms with E-state index in [2.05, 4.69) is 17.3 Å². The summed E-state index contributed by atoms with van der Waals surface area (Å²) in [4.78, 5) is 10.8. The van der Waals surface area contributed by atoms with Crippen LogP contribution in [0.1, 0.15) is 34.8 Å². The van der Waals surface area contributed by atoms with Gasteiger partial charge in [-0.25, -0.2) is 4.79 Å². The Morgan fingerprint density at radius 1 is 1.20 bits per heavy atom. The number of carboxylic acids is 1. The Balaban J connectivity index is 1.79. The van der Waals surface area contributed by atoms with Crippen LogP contribution in [-0.4, -0.2) is 29.4 Å². The topological polar surface area (TPSA) is 72.6 Å². The molecule has 1 aromatic carbocycles. The number of carbonyl (C=O) groups is 1. The molecule has 0 aliphatic carbocycles. The molecule has 1 aliphatic heterocycles. The highest BCUT2D eigenvalue weighted by atomic mass is 16.5. The summed E-state index contributed by atoms with van der Waals surface area (Å²) in [5.41, 5.74) is 2.05. The Hall–Kier alpha value is -2.14. The van der Waals surface area contributed by atoms with E-state index in [0.717, 1.165) is 31.6 Å². The molecule has 1 aromatic heterocycles. The summed E-state index contributed by atoms with van der Waals surface area (Å²) in [6.45, 7) is 1.63. The first-order valence-electron chi connectivity index (χ1n) is 6.62. The van der Waals surface area contributed by atoms with E-state index in [4.69, 9.17) is 14.4 Å². The molecule has 20 heavy (non-hydrogen) atoms. The van der Waals surface area contributed by atoms with Gasteiger partial charge in [-0.1, -0.05) is 29.4 Å². The van der Waals surface area contributed by atoms with Crippen LogP contribution in [0.5, 0.6) is 0 Å². The average molecular weight is 273 g/mol. The summed E-state index contributed by atoms with van der Waals surface area (Å²) in [5.74, 6) is -0.0677. The quantitative estimate of drug-likeness (QED) is 0.930. The van der Waals surface area contributed by atoms with Crippen molar-refractivity contribution < 1.29 is 19.2 Å². The molecule has 0 unspecified atom stereocenters. The number of nitrogens with zero attached hydrogens (tertiary/aromatic N) is 1. The zero-order valence-electron chi connectivity index (χ0n) is 10.9. The second-order valence-corrected chi connectivity index (χ2v) is 4.89. The summed E-state index contributed by atoms with van der Waals surface area (Å²) < 4.78 is 10.4. The normalized spacial score (nSPS) is 16.2. The first kappa shape index (κ1) is 12.9. The third kappa shape index (κ3) is 2.58.